The predicted octanol–water partition coefficient (Wildman–Crippen LogP) is 4.97. The van der Waals surface area contributed by atoms with Gasteiger partial charge in [0.25, 0.3) is 0 Å². The average molecular weight is 462 g/mol. The van der Waals surface area contributed by atoms with Crippen LogP contribution in [0.4, 0.5) is 17.2 Å². The number of rotatable bonds is 7. The van der Waals surface area contributed by atoms with Gasteiger partial charge in [-0.3, -0.25) is 4.79 Å². The number of thioether (sulfide) groups is 1. The maximum absolute atomic E-state index is 12.3. The Bertz CT molecular complexity index is 1060. The van der Waals surface area contributed by atoms with Crippen molar-refractivity contribution >= 4 is 34.9 Å². The molecule has 1 amide bonds. The minimum atomic E-state index is -0.0459. The van der Waals surface area contributed by atoms with Crippen LogP contribution in [0.15, 0.2) is 65.7 Å². The van der Waals surface area contributed by atoms with E-state index in [4.69, 9.17) is 0 Å². The number of anilines is 3. The summed E-state index contributed by atoms with van der Waals surface area (Å²) in [5.41, 5.74) is 4.64. The molecule has 0 bridgehead atoms. The molecule has 0 atom stereocenters. The van der Waals surface area contributed by atoms with Gasteiger partial charge in [0.1, 0.15) is 5.03 Å². The standard InChI is InChI=1S/C26H31N5OS/c1-19(2)21-7-9-22(10-8-21)27-25(32)18-33-26-12-11-24(28-29-26)31-15-13-30(14-16-31)23-6-4-5-20(3)17-23/h4-12,17,19H,13-16,18H2,1-3H3,(H,27,32). The Hall–Kier alpha value is -3.06. The zero-order valence-corrected chi connectivity index (χ0v) is 20.3. The smallest absolute Gasteiger partial charge is 0.234 e. The quantitative estimate of drug-likeness (QED) is 0.502. The van der Waals surface area contributed by atoms with Gasteiger partial charge >= 0.3 is 0 Å². The van der Waals surface area contributed by atoms with E-state index in [0.717, 1.165) is 42.7 Å². The van der Waals surface area contributed by atoms with E-state index in [1.54, 1.807) is 0 Å². The summed E-state index contributed by atoms with van der Waals surface area (Å²) in [5, 5.41) is 12.4. The number of amides is 1. The number of nitrogens with one attached hydrogen (secondary N) is 1. The number of piperazine rings is 1. The lowest BCUT2D eigenvalue weighted by molar-refractivity contribution is -0.113. The van der Waals surface area contributed by atoms with Crippen LogP contribution in [0.3, 0.4) is 0 Å². The summed E-state index contributed by atoms with van der Waals surface area (Å²) in [6.45, 7) is 10.2. The molecule has 33 heavy (non-hydrogen) atoms. The van der Waals surface area contributed by atoms with E-state index in [1.807, 2.05) is 24.3 Å². The van der Waals surface area contributed by atoms with E-state index in [2.05, 4.69) is 82.5 Å². The molecule has 1 fully saturated rings. The number of carbonyl (C=O) groups excluding carboxylic acids is 1. The third-order valence-corrected chi connectivity index (χ3v) is 6.73. The number of aromatic nitrogens is 2. The van der Waals surface area contributed by atoms with Gasteiger partial charge in [-0.15, -0.1) is 10.2 Å². The first-order valence-electron chi connectivity index (χ1n) is 11.4. The van der Waals surface area contributed by atoms with Crippen LogP contribution in [0.1, 0.15) is 30.9 Å². The first kappa shape index (κ1) is 23.1. The van der Waals surface area contributed by atoms with Gasteiger partial charge in [0.2, 0.25) is 5.91 Å². The van der Waals surface area contributed by atoms with E-state index < -0.39 is 0 Å². The Morgan fingerprint density at radius 3 is 2.33 bits per heavy atom. The Morgan fingerprint density at radius 1 is 0.970 bits per heavy atom. The van der Waals surface area contributed by atoms with Crippen molar-refractivity contribution in [3.8, 4) is 0 Å². The molecule has 6 nitrogen and oxygen atoms in total. The van der Waals surface area contributed by atoms with E-state index in [0.29, 0.717) is 11.7 Å². The first-order valence-corrected chi connectivity index (χ1v) is 12.4. The van der Waals surface area contributed by atoms with Crippen LogP contribution in [-0.2, 0) is 4.79 Å². The molecular weight excluding hydrogens is 430 g/mol. The fourth-order valence-electron chi connectivity index (χ4n) is 3.86. The van der Waals surface area contributed by atoms with Crippen molar-refractivity contribution in [2.75, 3.05) is 47.0 Å². The highest BCUT2D eigenvalue weighted by atomic mass is 32.2. The highest BCUT2D eigenvalue weighted by Gasteiger charge is 2.19. The summed E-state index contributed by atoms with van der Waals surface area (Å²) in [6, 6.07) is 20.6. The maximum Gasteiger partial charge on any atom is 0.234 e. The number of nitrogens with zero attached hydrogens (tertiary/aromatic N) is 4. The van der Waals surface area contributed by atoms with Gasteiger partial charge in [0, 0.05) is 37.6 Å². The van der Waals surface area contributed by atoms with Gasteiger partial charge in [-0.25, -0.2) is 0 Å². The Labute approximate surface area is 200 Å². The molecule has 4 rings (SSSR count). The van der Waals surface area contributed by atoms with Crippen LogP contribution in [-0.4, -0.2) is 48.0 Å². The molecule has 2 heterocycles. The van der Waals surface area contributed by atoms with Crippen LogP contribution >= 0.6 is 11.8 Å². The van der Waals surface area contributed by atoms with Crippen LogP contribution in [0.25, 0.3) is 0 Å². The fourth-order valence-corrected chi connectivity index (χ4v) is 4.48. The number of hydrogen-bond acceptors (Lipinski definition) is 6. The lowest BCUT2D eigenvalue weighted by Gasteiger charge is -2.36. The molecule has 172 valence electrons. The van der Waals surface area contributed by atoms with Crippen molar-refractivity contribution in [3.63, 3.8) is 0 Å². The molecule has 1 aliphatic rings. The molecule has 0 radical (unpaired) electrons. The van der Waals surface area contributed by atoms with Crippen LogP contribution in [0.2, 0.25) is 0 Å². The average Bonchev–Trinajstić information content (AvgIpc) is 2.83. The molecule has 2 aromatic carbocycles. The third kappa shape index (κ3) is 6.26. The Balaban J connectivity index is 1.24. The molecule has 0 spiro atoms. The van der Waals surface area contributed by atoms with E-state index in [9.17, 15) is 4.79 Å². The lowest BCUT2D eigenvalue weighted by Crippen LogP contribution is -2.46. The predicted molar refractivity (Wildman–Crippen MR) is 138 cm³/mol. The van der Waals surface area contributed by atoms with E-state index in [-0.39, 0.29) is 5.91 Å². The largest absolute Gasteiger partial charge is 0.368 e. The zero-order chi connectivity index (χ0) is 23.2. The molecule has 1 saturated heterocycles. The van der Waals surface area contributed by atoms with Crippen LogP contribution < -0.4 is 15.1 Å². The molecule has 0 unspecified atom stereocenters. The van der Waals surface area contributed by atoms with Gasteiger partial charge in [0.05, 0.1) is 5.75 Å². The summed E-state index contributed by atoms with van der Waals surface area (Å²) < 4.78 is 0. The summed E-state index contributed by atoms with van der Waals surface area (Å²) in [6.07, 6.45) is 0. The second-order valence-electron chi connectivity index (χ2n) is 8.66. The second-order valence-corrected chi connectivity index (χ2v) is 9.65. The summed E-state index contributed by atoms with van der Waals surface area (Å²) in [7, 11) is 0. The van der Waals surface area contributed by atoms with Crippen molar-refractivity contribution in [3.05, 3.63) is 71.8 Å². The lowest BCUT2D eigenvalue weighted by atomic mass is 10.0. The molecular formula is C26H31N5OS. The molecule has 7 heteroatoms. The summed E-state index contributed by atoms with van der Waals surface area (Å²) in [5.74, 6) is 1.62. The van der Waals surface area contributed by atoms with Crippen molar-refractivity contribution < 1.29 is 4.79 Å². The van der Waals surface area contributed by atoms with Gasteiger partial charge in [0.15, 0.2) is 5.82 Å². The molecule has 1 aliphatic heterocycles. The van der Waals surface area contributed by atoms with Crippen molar-refractivity contribution in [2.45, 2.75) is 31.7 Å². The number of hydrogen-bond donors (Lipinski definition) is 1. The SMILES string of the molecule is Cc1cccc(N2CCN(c3ccc(SCC(=O)Nc4ccc(C(C)C)cc4)nn3)CC2)c1. The van der Waals surface area contributed by atoms with Crippen molar-refractivity contribution in [2.24, 2.45) is 0 Å². The van der Waals surface area contributed by atoms with Crippen LogP contribution in [0.5, 0.6) is 0 Å². The molecule has 1 aromatic heterocycles. The molecule has 0 aliphatic carbocycles. The minimum Gasteiger partial charge on any atom is -0.368 e. The van der Waals surface area contributed by atoms with Crippen molar-refractivity contribution in [1.29, 1.82) is 0 Å². The van der Waals surface area contributed by atoms with Crippen molar-refractivity contribution in [1.82, 2.24) is 10.2 Å². The van der Waals surface area contributed by atoms with Gasteiger partial charge in [-0.2, -0.15) is 0 Å². The Kier molecular flexibility index (Phi) is 7.50. The first-order chi connectivity index (χ1) is 16.0. The van der Waals surface area contributed by atoms with Gasteiger partial charge in [-0.05, 0) is 60.4 Å². The second kappa shape index (κ2) is 10.7. The normalized spacial score (nSPS) is 13.9. The maximum atomic E-state index is 12.3. The van der Waals surface area contributed by atoms with Gasteiger partial charge in [-0.1, -0.05) is 49.9 Å². The van der Waals surface area contributed by atoms with E-state index >= 15 is 0 Å². The topological polar surface area (TPSA) is 61.4 Å². The summed E-state index contributed by atoms with van der Waals surface area (Å²) in [4.78, 5) is 17.0. The minimum absolute atomic E-state index is 0.0459. The zero-order valence-electron chi connectivity index (χ0n) is 19.5. The third-order valence-electron chi connectivity index (χ3n) is 5.81. The molecule has 1 N–H and O–H groups in total. The molecule has 3 aromatic rings. The number of benzene rings is 2. The number of carbonyl (C=O) groups is 1. The summed E-state index contributed by atoms with van der Waals surface area (Å²) >= 11 is 1.40. The fraction of sp³-hybridized carbons (Fsp3) is 0.346. The molecule has 0 saturated carbocycles. The van der Waals surface area contributed by atoms with Gasteiger partial charge < -0.3 is 15.1 Å². The monoisotopic (exact) mass is 461 g/mol. The Morgan fingerprint density at radius 2 is 1.70 bits per heavy atom. The van der Waals surface area contributed by atoms with E-state index in [1.165, 1.54) is 28.6 Å². The highest BCUT2D eigenvalue weighted by molar-refractivity contribution is 7.99. The highest BCUT2D eigenvalue weighted by Crippen LogP contribution is 2.22. The number of aryl methyl sites for hydroxylation is 1. The van der Waals surface area contributed by atoms with Crippen LogP contribution in [0, 0.1) is 6.92 Å².